The predicted octanol–water partition coefficient (Wildman–Crippen LogP) is 4.81. The zero-order valence-corrected chi connectivity index (χ0v) is 16.1. The van der Waals surface area contributed by atoms with Crippen LogP contribution in [0.5, 0.6) is 0 Å². The molecule has 3 amide bonds. The highest BCUT2D eigenvalue weighted by Crippen LogP contribution is 2.22. The molecule has 0 saturated heterocycles. The molecule has 1 heterocycles. The summed E-state index contributed by atoms with van der Waals surface area (Å²) in [6.45, 7) is 0.385. The molecule has 0 aliphatic carbocycles. The summed E-state index contributed by atoms with van der Waals surface area (Å²) < 4.78 is 0. The van der Waals surface area contributed by atoms with Gasteiger partial charge in [-0.1, -0.05) is 60.7 Å². The first-order valence-corrected chi connectivity index (χ1v) is 9.53. The topological polar surface area (TPSA) is 83.1 Å². The molecule has 6 nitrogen and oxygen atoms in total. The van der Waals surface area contributed by atoms with Crippen LogP contribution in [0.15, 0.2) is 91.1 Å². The predicted molar refractivity (Wildman–Crippen MR) is 118 cm³/mol. The Labute approximate surface area is 174 Å². The third-order valence-electron chi connectivity index (χ3n) is 4.64. The van der Waals surface area contributed by atoms with E-state index in [1.54, 1.807) is 48.7 Å². The lowest BCUT2D eigenvalue weighted by Crippen LogP contribution is -2.28. The van der Waals surface area contributed by atoms with Gasteiger partial charge in [0.25, 0.3) is 5.91 Å². The van der Waals surface area contributed by atoms with Crippen LogP contribution >= 0.6 is 0 Å². The summed E-state index contributed by atoms with van der Waals surface area (Å²) in [5.74, 6) is -0.346. The summed E-state index contributed by atoms with van der Waals surface area (Å²) in [5.41, 5.74) is 2.32. The van der Waals surface area contributed by atoms with E-state index in [1.165, 1.54) is 0 Å². The van der Waals surface area contributed by atoms with Crippen LogP contribution in [0.4, 0.5) is 16.2 Å². The number of anilines is 2. The molecule has 30 heavy (non-hydrogen) atoms. The monoisotopic (exact) mass is 396 g/mol. The summed E-state index contributed by atoms with van der Waals surface area (Å²) in [4.78, 5) is 28.9. The molecular formula is C24H20N4O2. The number of carbonyl (C=O) groups excluding carboxylic acids is 2. The van der Waals surface area contributed by atoms with E-state index in [4.69, 9.17) is 0 Å². The van der Waals surface area contributed by atoms with E-state index in [1.807, 2.05) is 42.5 Å². The molecular weight excluding hydrogens is 376 g/mol. The molecule has 4 aromatic rings. The summed E-state index contributed by atoms with van der Waals surface area (Å²) in [6, 6.07) is 25.8. The highest BCUT2D eigenvalue weighted by Gasteiger charge is 2.11. The first-order chi connectivity index (χ1) is 14.7. The van der Waals surface area contributed by atoms with Crippen molar-refractivity contribution in [3.63, 3.8) is 0 Å². The molecule has 0 fully saturated rings. The van der Waals surface area contributed by atoms with Crippen molar-refractivity contribution in [2.24, 2.45) is 0 Å². The van der Waals surface area contributed by atoms with E-state index in [0.29, 0.717) is 23.6 Å². The van der Waals surface area contributed by atoms with Crippen molar-refractivity contribution >= 4 is 34.1 Å². The number of hydrogen-bond donors (Lipinski definition) is 3. The Morgan fingerprint density at radius 1 is 0.733 bits per heavy atom. The standard InChI is InChI=1S/C24H20N4O2/c29-23(22-14-5-6-15-25-22)27-20-12-3-4-13-21(20)28-24(30)26-16-18-10-7-9-17-8-1-2-11-19(17)18/h1-15H,16H2,(H,27,29)(H2,26,28,30). The summed E-state index contributed by atoms with van der Waals surface area (Å²) in [7, 11) is 0. The average molecular weight is 396 g/mol. The van der Waals surface area contributed by atoms with Gasteiger partial charge in [0.1, 0.15) is 5.69 Å². The number of urea groups is 1. The number of pyridine rings is 1. The van der Waals surface area contributed by atoms with Crippen LogP contribution in [0.2, 0.25) is 0 Å². The number of amides is 3. The van der Waals surface area contributed by atoms with Gasteiger partial charge >= 0.3 is 6.03 Å². The van der Waals surface area contributed by atoms with Gasteiger partial charge in [0.2, 0.25) is 0 Å². The number of benzene rings is 3. The van der Waals surface area contributed by atoms with E-state index >= 15 is 0 Å². The van der Waals surface area contributed by atoms with Crippen molar-refractivity contribution in [3.05, 3.63) is 102 Å². The Hall–Kier alpha value is -4.19. The minimum Gasteiger partial charge on any atom is -0.334 e. The van der Waals surface area contributed by atoms with Crippen LogP contribution in [0.25, 0.3) is 10.8 Å². The van der Waals surface area contributed by atoms with Crippen molar-refractivity contribution in [1.82, 2.24) is 10.3 Å². The van der Waals surface area contributed by atoms with Crippen LogP contribution in [-0.2, 0) is 6.54 Å². The second kappa shape index (κ2) is 8.87. The van der Waals surface area contributed by atoms with Crippen molar-refractivity contribution in [2.45, 2.75) is 6.54 Å². The maximum Gasteiger partial charge on any atom is 0.319 e. The number of para-hydroxylation sites is 2. The van der Waals surface area contributed by atoms with Gasteiger partial charge in [0, 0.05) is 12.7 Å². The van der Waals surface area contributed by atoms with E-state index in [2.05, 4.69) is 20.9 Å². The molecule has 0 spiro atoms. The number of rotatable bonds is 5. The zero-order chi connectivity index (χ0) is 20.8. The fourth-order valence-electron chi connectivity index (χ4n) is 3.17. The minimum atomic E-state index is -0.359. The number of hydrogen-bond acceptors (Lipinski definition) is 3. The van der Waals surface area contributed by atoms with Gasteiger partial charge in [-0.2, -0.15) is 0 Å². The largest absolute Gasteiger partial charge is 0.334 e. The zero-order valence-electron chi connectivity index (χ0n) is 16.1. The summed E-state index contributed by atoms with van der Waals surface area (Å²) >= 11 is 0. The molecule has 0 atom stereocenters. The average Bonchev–Trinajstić information content (AvgIpc) is 2.79. The van der Waals surface area contributed by atoms with Crippen LogP contribution < -0.4 is 16.0 Å². The van der Waals surface area contributed by atoms with Crippen molar-refractivity contribution in [1.29, 1.82) is 0 Å². The lowest BCUT2D eigenvalue weighted by Gasteiger charge is -2.13. The molecule has 0 bridgehead atoms. The molecule has 6 heteroatoms. The van der Waals surface area contributed by atoms with Gasteiger partial charge in [-0.15, -0.1) is 0 Å². The minimum absolute atomic E-state index is 0.299. The second-order valence-corrected chi connectivity index (χ2v) is 6.66. The second-order valence-electron chi connectivity index (χ2n) is 6.66. The van der Waals surface area contributed by atoms with Crippen molar-refractivity contribution < 1.29 is 9.59 Å². The maximum atomic E-state index is 12.5. The first-order valence-electron chi connectivity index (χ1n) is 9.53. The molecule has 0 aliphatic rings. The molecule has 3 N–H and O–H groups in total. The van der Waals surface area contributed by atoms with Crippen molar-refractivity contribution in [3.8, 4) is 0 Å². The molecule has 0 radical (unpaired) electrons. The number of carbonyl (C=O) groups is 2. The van der Waals surface area contributed by atoms with Crippen LogP contribution in [0, 0.1) is 0 Å². The number of aromatic nitrogens is 1. The van der Waals surface area contributed by atoms with Crippen LogP contribution in [0.1, 0.15) is 16.1 Å². The van der Waals surface area contributed by atoms with E-state index in [-0.39, 0.29) is 11.9 Å². The molecule has 3 aromatic carbocycles. The third-order valence-corrected chi connectivity index (χ3v) is 4.64. The fraction of sp³-hybridized carbons (Fsp3) is 0.0417. The Morgan fingerprint density at radius 2 is 1.43 bits per heavy atom. The number of nitrogens with zero attached hydrogens (tertiary/aromatic N) is 1. The molecule has 148 valence electrons. The van der Waals surface area contributed by atoms with Gasteiger partial charge in [0.05, 0.1) is 11.4 Å². The van der Waals surface area contributed by atoms with Crippen LogP contribution in [-0.4, -0.2) is 16.9 Å². The van der Waals surface area contributed by atoms with Gasteiger partial charge < -0.3 is 16.0 Å². The summed E-state index contributed by atoms with van der Waals surface area (Å²) in [6.07, 6.45) is 1.56. The highest BCUT2D eigenvalue weighted by molar-refractivity contribution is 6.06. The molecule has 0 saturated carbocycles. The first kappa shape index (κ1) is 19.1. The molecule has 4 rings (SSSR count). The summed E-state index contributed by atoms with van der Waals surface area (Å²) in [5, 5.41) is 10.7. The Morgan fingerprint density at radius 3 is 2.23 bits per heavy atom. The van der Waals surface area contributed by atoms with Gasteiger partial charge in [-0.05, 0) is 40.6 Å². The number of nitrogens with one attached hydrogen (secondary N) is 3. The quantitative estimate of drug-likeness (QED) is 0.453. The normalized spacial score (nSPS) is 10.4. The maximum absolute atomic E-state index is 12.5. The SMILES string of the molecule is O=C(NCc1cccc2ccccc12)Nc1ccccc1NC(=O)c1ccccn1. The molecule has 0 unspecified atom stereocenters. The van der Waals surface area contributed by atoms with Gasteiger partial charge in [-0.25, -0.2) is 4.79 Å². The number of fused-ring (bicyclic) bond motifs is 1. The van der Waals surface area contributed by atoms with Gasteiger partial charge in [0.15, 0.2) is 0 Å². The van der Waals surface area contributed by atoms with Gasteiger partial charge in [-0.3, -0.25) is 9.78 Å². The van der Waals surface area contributed by atoms with E-state index in [0.717, 1.165) is 16.3 Å². The fourth-order valence-corrected chi connectivity index (χ4v) is 3.17. The Balaban J connectivity index is 1.43. The molecule has 0 aliphatic heterocycles. The molecule has 1 aromatic heterocycles. The third kappa shape index (κ3) is 4.44. The lowest BCUT2D eigenvalue weighted by molar-refractivity contribution is 0.102. The smallest absolute Gasteiger partial charge is 0.319 e. The lowest BCUT2D eigenvalue weighted by atomic mass is 10.0. The van der Waals surface area contributed by atoms with Crippen molar-refractivity contribution in [2.75, 3.05) is 10.6 Å². The van der Waals surface area contributed by atoms with E-state index < -0.39 is 0 Å². The Kier molecular flexibility index (Phi) is 5.66. The van der Waals surface area contributed by atoms with Crippen LogP contribution in [0.3, 0.4) is 0 Å². The van der Waals surface area contributed by atoms with E-state index in [9.17, 15) is 9.59 Å². The highest BCUT2D eigenvalue weighted by atomic mass is 16.2. The Bertz CT molecular complexity index is 1190.